The number of carbonyl (C=O) groups is 2. The van der Waals surface area contributed by atoms with E-state index in [1.165, 1.54) is 20.3 Å². The van der Waals surface area contributed by atoms with Gasteiger partial charge in [-0.15, -0.1) is 0 Å². The molecule has 7 rings (SSSR count). The third-order valence-electron chi connectivity index (χ3n) is 9.44. The highest BCUT2D eigenvalue weighted by Crippen LogP contribution is 2.44. The minimum atomic E-state index is -0.724. The second-order valence-electron chi connectivity index (χ2n) is 12.9. The molecule has 0 saturated carbocycles. The van der Waals surface area contributed by atoms with Crippen molar-refractivity contribution in [3.05, 3.63) is 126 Å². The number of hydrogen-bond donors (Lipinski definition) is 3. The Bertz CT molecular complexity index is 2330. The molecule has 1 aliphatic heterocycles. The van der Waals surface area contributed by atoms with Gasteiger partial charge in [0.25, 0.3) is 11.5 Å². The average molecular weight is 741 g/mol. The summed E-state index contributed by atoms with van der Waals surface area (Å²) in [6.07, 6.45) is 5.89. The van der Waals surface area contributed by atoms with Crippen molar-refractivity contribution in [3.63, 3.8) is 0 Å². The van der Waals surface area contributed by atoms with Gasteiger partial charge in [0.1, 0.15) is 12.2 Å². The molecule has 0 bridgehead atoms. The SMILES string of the molecule is Cn1cc(C(=O)Nc2cccc(-c3cccc(-c4cc5c(c(OCc6ccccn6)n4)C(NCC4CCC(=O)N4)CC5)c3Cl)c2Cl)c(=O)n(C)c1=O. The number of pyridine rings is 2. The number of anilines is 1. The molecule has 0 spiro atoms. The molecule has 4 heterocycles. The lowest BCUT2D eigenvalue weighted by atomic mass is 9.99. The Morgan fingerprint density at radius 3 is 2.48 bits per heavy atom. The number of amides is 2. The molecule has 266 valence electrons. The smallest absolute Gasteiger partial charge is 0.330 e. The van der Waals surface area contributed by atoms with Gasteiger partial charge in [-0.3, -0.25) is 23.9 Å². The van der Waals surface area contributed by atoms with Crippen molar-refractivity contribution < 1.29 is 14.3 Å². The van der Waals surface area contributed by atoms with Crippen LogP contribution in [0.5, 0.6) is 5.88 Å². The van der Waals surface area contributed by atoms with Gasteiger partial charge in [-0.25, -0.2) is 9.78 Å². The number of fused-ring (bicyclic) bond motifs is 1. The summed E-state index contributed by atoms with van der Waals surface area (Å²) in [6, 6.07) is 18.5. The van der Waals surface area contributed by atoms with Gasteiger partial charge in [0.15, 0.2) is 0 Å². The van der Waals surface area contributed by atoms with Crippen LogP contribution in [0.3, 0.4) is 0 Å². The zero-order valence-corrected chi connectivity index (χ0v) is 29.9. The van der Waals surface area contributed by atoms with Crippen molar-refractivity contribution in [2.75, 3.05) is 11.9 Å². The molecule has 2 amide bonds. The topological polar surface area (TPSA) is 149 Å². The summed E-state index contributed by atoms with van der Waals surface area (Å²) < 4.78 is 8.41. The zero-order chi connectivity index (χ0) is 36.5. The maximum absolute atomic E-state index is 13.2. The Labute approximate surface area is 308 Å². The van der Waals surface area contributed by atoms with Crippen LogP contribution < -0.4 is 31.9 Å². The number of nitrogens with one attached hydrogen (secondary N) is 3. The van der Waals surface area contributed by atoms with Crippen molar-refractivity contribution >= 4 is 40.7 Å². The van der Waals surface area contributed by atoms with E-state index in [9.17, 15) is 19.2 Å². The number of rotatable bonds is 10. The van der Waals surface area contributed by atoms with E-state index in [-0.39, 0.29) is 40.9 Å². The lowest BCUT2D eigenvalue weighted by Gasteiger charge is -2.20. The first-order chi connectivity index (χ1) is 25.1. The Morgan fingerprint density at radius 1 is 0.962 bits per heavy atom. The van der Waals surface area contributed by atoms with Gasteiger partial charge in [0, 0.05) is 73.8 Å². The normalized spacial score (nSPS) is 16.4. The molecule has 1 aliphatic carbocycles. The molecule has 2 aliphatic rings. The number of ether oxygens (including phenoxy) is 1. The maximum atomic E-state index is 13.2. The van der Waals surface area contributed by atoms with E-state index in [0.29, 0.717) is 46.3 Å². The predicted octanol–water partition coefficient (Wildman–Crippen LogP) is 5.20. The van der Waals surface area contributed by atoms with Crippen LogP contribution >= 0.6 is 23.2 Å². The van der Waals surface area contributed by atoms with Crippen LogP contribution in [0.4, 0.5) is 5.69 Å². The second kappa shape index (κ2) is 14.7. The van der Waals surface area contributed by atoms with Crippen LogP contribution in [-0.4, -0.2) is 43.5 Å². The molecule has 14 heteroatoms. The molecule has 1 fully saturated rings. The third kappa shape index (κ3) is 6.97. The van der Waals surface area contributed by atoms with Crippen molar-refractivity contribution in [2.45, 2.75) is 44.4 Å². The molecule has 0 radical (unpaired) electrons. The Morgan fingerprint density at radius 2 is 1.73 bits per heavy atom. The standard InChI is InChI=1S/C38H35Cl2N7O5/c1-46-19-27(37(50)47(2)38(46)51)35(49)44-29-11-6-9-25(34(29)40)24-8-5-10-26(33(24)39)30-17-21-12-14-28(42-18-22-13-15-31(48)43-22)32(21)36(45-30)52-20-23-7-3-4-16-41-23/h3-11,16-17,19,22,28,42H,12-15,18,20H2,1-2H3,(H,43,48)(H,44,49). The van der Waals surface area contributed by atoms with Gasteiger partial charge in [-0.2, -0.15) is 0 Å². The fourth-order valence-corrected chi connectivity index (χ4v) is 7.33. The fourth-order valence-electron chi connectivity index (χ4n) is 6.73. The monoisotopic (exact) mass is 739 g/mol. The molecule has 12 nitrogen and oxygen atoms in total. The van der Waals surface area contributed by atoms with E-state index in [4.69, 9.17) is 32.9 Å². The maximum Gasteiger partial charge on any atom is 0.330 e. The number of hydrogen-bond acceptors (Lipinski definition) is 8. The number of aryl methyl sites for hydroxylation is 2. The number of aromatic nitrogens is 4. The van der Waals surface area contributed by atoms with Crippen molar-refractivity contribution in [2.24, 2.45) is 14.1 Å². The molecule has 3 aromatic heterocycles. The molecule has 2 unspecified atom stereocenters. The van der Waals surface area contributed by atoms with Crippen LogP contribution in [0.2, 0.25) is 10.0 Å². The van der Waals surface area contributed by atoms with Gasteiger partial charge < -0.3 is 25.3 Å². The summed E-state index contributed by atoms with van der Waals surface area (Å²) in [5, 5.41) is 9.98. The molecule has 1 saturated heterocycles. The summed E-state index contributed by atoms with van der Waals surface area (Å²) in [4.78, 5) is 59.2. The van der Waals surface area contributed by atoms with Gasteiger partial charge in [-0.1, -0.05) is 59.6 Å². The summed E-state index contributed by atoms with van der Waals surface area (Å²) in [5.41, 5.74) is 4.05. The molecule has 3 N–H and O–H groups in total. The first kappa shape index (κ1) is 35.1. The molecule has 5 aromatic rings. The van der Waals surface area contributed by atoms with E-state index in [1.807, 2.05) is 42.5 Å². The molecular weight excluding hydrogens is 705 g/mol. The minimum absolute atomic E-state index is 0.00713. The second-order valence-corrected chi connectivity index (χ2v) is 13.6. The summed E-state index contributed by atoms with van der Waals surface area (Å²) in [7, 11) is 2.77. The highest BCUT2D eigenvalue weighted by molar-refractivity contribution is 6.39. The number of halogens is 2. The predicted molar refractivity (Wildman–Crippen MR) is 199 cm³/mol. The van der Waals surface area contributed by atoms with Crippen molar-refractivity contribution in [1.29, 1.82) is 0 Å². The lowest BCUT2D eigenvalue weighted by molar-refractivity contribution is -0.119. The van der Waals surface area contributed by atoms with Crippen LogP contribution in [0, 0.1) is 0 Å². The Kier molecular flexibility index (Phi) is 9.96. The van der Waals surface area contributed by atoms with Crippen LogP contribution in [0.1, 0.15) is 52.5 Å². The van der Waals surface area contributed by atoms with Crippen LogP contribution in [0.25, 0.3) is 22.4 Å². The van der Waals surface area contributed by atoms with Gasteiger partial charge in [0.05, 0.1) is 27.1 Å². The van der Waals surface area contributed by atoms with E-state index in [1.54, 1.807) is 24.4 Å². The number of carbonyl (C=O) groups excluding carboxylic acids is 2. The van der Waals surface area contributed by atoms with Crippen molar-refractivity contribution in [3.8, 4) is 28.3 Å². The van der Waals surface area contributed by atoms with Crippen LogP contribution in [-0.2, 0) is 31.9 Å². The summed E-state index contributed by atoms with van der Waals surface area (Å²) in [5.74, 6) is -0.150. The fraction of sp³-hybridized carbons (Fsp3) is 0.263. The average Bonchev–Trinajstić information content (AvgIpc) is 3.77. The summed E-state index contributed by atoms with van der Waals surface area (Å²) in [6.45, 7) is 0.871. The zero-order valence-electron chi connectivity index (χ0n) is 28.4. The van der Waals surface area contributed by atoms with Gasteiger partial charge in [-0.05, 0) is 49.1 Å². The number of benzene rings is 2. The van der Waals surface area contributed by atoms with Crippen molar-refractivity contribution in [1.82, 2.24) is 29.7 Å². The first-order valence-corrected chi connectivity index (χ1v) is 17.6. The van der Waals surface area contributed by atoms with E-state index < -0.39 is 17.2 Å². The van der Waals surface area contributed by atoms with E-state index in [0.717, 1.165) is 45.2 Å². The van der Waals surface area contributed by atoms with Crippen LogP contribution in [0.15, 0.2) is 82.6 Å². The number of nitrogens with zero attached hydrogens (tertiary/aromatic N) is 4. The first-order valence-electron chi connectivity index (χ1n) is 16.8. The Hall–Kier alpha value is -5.30. The van der Waals surface area contributed by atoms with E-state index >= 15 is 0 Å². The molecule has 2 aromatic carbocycles. The van der Waals surface area contributed by atoms with E-state index in [2.05, 4.69) is 20.9 Å². The molecule has 52 heavy (non-hydrogen) atoms. The minimum Gasteiger partial charge on any atom is -0.471 e. The molecular formula is C38H35Cl2N7O5. The third-order valence-corrected chi connectivity index (χ3v) is 10.3. The van der Waals surface area contributed by atoms with Gasteiger partial charge in [0.2, 0.25) is 11.8 Å². The lowest BCUT2D eigenvalue weighted by Crippen LogP contribution is -2.40. The quantitative estimate of drug-likeness (QED) is 0.177. The highest BCUT2D eigenvalue weighted by atomic mass is 35.5. The highest BCUT2D eigenvalue weighted by Gasteiger charge is 2.31. The largest absolute Gasteiger partial charge is 0.471 e. The Balaban J connectivity index is 1.21. The summed E-state index contributed by atoms with van der Waals surface area (Å²) >= 11 is 14.0. The molecule has 2 atom stereocenters. The van der Waals surface area contributed by atoms with Gasteiger partial charge >= 0.3 is 5.69 Å².